The van der Waals surface area contributed by atoms with Crippen LogP contribution in [0.3, 0.4) is 0 Å². The maximum atomic E-state index is 12.2. The molecule has 0 aliphatic heterocycles. The third kappa shape index (κ3) is 4.61. The van der Waals surface area contributed by atoms with Gasteiger partial charge < -0.3 is 14.6 Å². The van der Waals surface area contributed by atoms with Gasteiger partial charge in [0, 0.05) is 43.7 Å². The van der Waals surface area contributed by atoms with Gasteiger partial charge >= 0.3 is 0 Å². The van der Waals surface area contributed by atoms with Crippen molar-refractivity contribution in [3.8, 4) is 11.6 Å². The second-order valence-corrected chi connectivity index (χ2v) is 6.42. The molecule has 0 fully saturated rings. The summed E-state index contributed by atoms with van der Waals surface area (Å²) in [6.07, 6.45) is 3.23. The van der Waals surface area contributed by atoms with Crippen LogP contribution in [0.1, 0.15) is 27.0 Å². The summed E-state index contributed by atoms with van der Waals surface area (Å²) in [7, 11) is 1.64. The summed E-state index contributed by atoms with van der Waals surface area (Å²) >= 11 is 0. The number of hydrogen-bond acceptors (Lipinski definition) is 4. The van der Waals surface area contributed by atoms with Gasteiger partial charge in [-0.25, -0.2) is 4.98 Å². The minimum atomic E-state index is -0.302. The molecule has 3 rings (SSSR count). The lowest BCUT2D eigenvalue weighted by Crippen LogP contribution is -2.25. The third-order valence-corrected chi connectivity index (χ3v) is 4.18. The van der Waals surface area contributed by atoms with Crippen LogP contribution in [0.15, 0.2) is 59.7 Å². The van der Waals surface area contributed by atoms with Gasteiger partial charge in [0.15, 0.2) is 0 Å². The maximum Gasteiger partial charge on any atom is 0.251 e. The first-order valence-corrected chi connectivity index (χ1v) is 8.57. The van der Waals surface area contributed by atoms with E-state index < -0.39 is 0 Å². The Kier molecular flexibility index (Phi) is 5.35. The molecule has 0 aliphatic carbocycles. The number of ether oxygens (including phenoxy) is 1. The normalized spacial score (nSPS) is 10.5. The van der Waals surface area contributed by atoms with Crippen LogP contribution in [-0.2, 0) is 13.6 Å². The van der Waals surface area contributed by atoms with E-state index in [0.29, 0.717) is 18.0 Å². The highest BCUT2D eigenvalue weighted by Crippen LogP contribution is 2.24. The number of amides is 1. The molecule has 0 aliphatic rings. The number of nitrogens with zero attached hydrogens (tertiary/aromatic N) is 2. The number of carbonyl (C=O) groups excluding carboxylic acids is 1. The van der Waals surface area contributed by atoms with E-state index in [1.54, 1.807) is 31.6 Å². The van der Waals surface area contributed by atoms with E-state index in [1.807, 2.05) is 38.1 Å². The maximum absolute atomic E-state index is 12.2. The summed E-state index contributed by atoms with van der Waals surface area (Å²) in [6.45, 7) is 4.30. The molecule has 0 unspecified atom stereocenters. The summed E-state index contributed by atoms with van der Waals surface area (Å²) in [5.41, 5.74) is 3.09. The molecule has 6 heteroatoms. The SMILES string of the molecule is Cc1ccc(C)c(Oc2ccc(CNC(=O)c3ccn(C)c(=O)c3)cn2)c1. The molecule has 2 heterocycles. The minimum Gasteiger partial charge on any atom is -0.439 e. The Morgan fingerprint density at radius 2 is 1.96 bits per heavy atom. The quantitative estimate of drug-likeness (QED) is 0.756. The summed E-state index contributed by atoms with van der Waals surface area (Å²) in [4.78, 5) is 28.1. The van der Waals surface area contributed by atoms with Crippen molar-refractivity contribution >= 4 is 5.91 Å². The van der Waals surface area contributed by atoms with Crippen molar-refractivity contribution in [1.29, 1.82) is 0 Å². The van der Waals surface area contributed by atoms with Crippen molar-refractivity contribution in [2.75, 3.05) is 0 Å². The molecular formula is C21H21N3O3. The summed E-state index contributed by atoms with van der Waals surface area (Å²) in [6, 6.07) is 12.5. The first-order chi connectivity index (χ1) is 12.9. The first-order valence-electron chi connectivity index (χ1n) is 8.57. The first kappa shape index (κ1) is 18.4. The predicted octanol–water partition coefficient (Wildman–Crippen LogP) is 3.12. The minimum absolute atomic E-state index is 0.225. The number of carbonyl (C=O) groups is 1. The van der Waals surface area contributed by atoms with Gasteiger partial charge in [-0.2, -0.15) is 0 Å². The third-order valence-electron chi connectivity index (χ3n) is 4.18. The smallest absolute Gasteiger partial charge is 0.251 e. The van der Waals surface area contributed by atoms with Crippen LogP contribution < -0.4 is 15.6 Å². The van der Waals surface area contributed by atoms with Crippen LogP contribution in [0.2, 0.25) is 0 Å². The van der Waals surface area contributed by atoms with Crippen molar-refractivity contribution < 1.29 is 9.53 Å². The van der Waals surface area contributed by atoms with E-state index in [9.17, 15) is 9.59 Å². The predicted molar refractivity (Wildman–Crippen MR) is 103 cm³/mol. The Labute approximate surface area is 157 Å². The van der Waals surface area contributed by atoms with Gasteiger partial charge in [-0.1, -0.05) is 18.2 Å². The molecule has 0 spiro atoms. The molecule has 0 saturated carbocycles. The molecule has 1 amide bonds. The Morgan fingerprint density at radius 3 is 2.67 bits per heavy atom. The highest BCUT2D eigenvalue weighted by Gasteiger charge is 2.07. The monoisotopic (exact) mass is 363 g/mol. The number of benzene rings is 1. The fourth-order valence-corrected chi connectivity index (χ4v) is 2.48. The van der Waals surface area contributed by atoms with E-state index in [2.05, 4.69) is 10.3 Å². The topological polar surface area (TPSA) is 73.2 Å². The fourth-order valence-electron chi connectivity index (χ4n) is 2.48. The second-order valence-electron chi connectivity index (χ2n) is 6.42. The second kappa shape index (κ2) is 7.86. The molecule has 1 N–H and O–H groups in total. The van der Waals surface area contributed by atoms with Crippen molar-refractivity contribution in [2.24, 2.45) is 7.05 Å². The molecule has 0 saturated heterocycles. The largest absolute Gasteiger partial charge is 0.439 e. The lowest BCUT2D eigenvalue weighted by Gasteiger charge is -2.10. The van der Waals surface area contributed by atoms with Gasteiger partial charge in [0.05, 0.1) is 0 Å². The van der Waals surface area contributed by atoms with Gasteiger partial charge in [0.25, 0.3) is 11.5 Å². The lowest BCUT2D eigenvalue weighted by atomic mass is 10.1. The van der Waals surface area contributed by atoms with Crippen molar-refractivity contribution in [3.05, 3.63) is 87.5 Å². The number of aryl methyl sites for hydroxylation is 3. The average molecular weight is 363 g/mol. The van der Waals surface area contributed by atoms with Gasteiger partial charge in [-0.3, -0.25) is 9.59 Å². The van der Waals surface area contributed by atoms with Crippen molar-refractivity contribution in [1.82, 2.24) is 14.9 Å². The van der Waals surface area contributed by atoms with Gasteiger partial charge in [0.1, 0.15) is 5.75 Å². The molecule has 0 radical (unpaired) electrons. The van der Waals surface area contributed by atoms with E-state index in [1.165, 1.54) is 10.6 Å². The Hall–Kier alpha value is -3.41. The van der Waals surface area contributed by atoms with Crippen LogP contribution in [0, 0.1) is 13.8 Å². The number of hydrogen-bond donors (Lipinski definition) is 1. The van der Waals surface area contributed by atoms with Crippen LogP contribution in [0.25, 0.3) is 0 Å². The molecule has 3 aromatic rings. The lowest BCUT2D eigenvalue weighted by molar-refractivity contribution is 0.0950. The van der Waals surface area contributed by atoms with Gasteiger partial charge in [0.2, 0.25) is 5.88 Å². The zero-order valence-corrected chi connectivity index (χ0v) is 15.5. The molecule has 138 valence electrons. The molecule has 6 nitrogen and oxygen atoms in total. The van der Waals surface area contributed by atoms with E-state index in [4.69, 9.17) is 4.74 Å². The van der Waals surface area contributed by atoms with E-state index in [-0.39, 0.29) is 11.5 Å². The van der Waals surface area contributed by atoms with Crippen molar-refractivity contribution in [2.45, 2.75) is 20.4 Å². The van der Waals surface area contributed by atoms with Gasteiger partial charge in [-0.05, 0) is 42.7 Å². The molecule has 1 aromatic carbocycles. The van der Waals surface area contributed by atoms with E-state index in [0.717, 1.165) is 22.4 Å². The van der Waals surface area contributed by atoms with Gasteiger partial charge in [-0.15, -0.1) is 0 Å². The molecule has 2 aromatic heterocycles. The molecule has 27 heavy (non-hydrogen) atoms. The highest BCUT2D eigenvalue weighted by atomic mass is 16.5. The summed E-state index contributed by atoms with van der Waals surface area (Å²) in [5, 5.41) is 2.78. The molecular weight excluding hydrogens is 342 g/mol. The van der Waals surface area contributed by atoms with Crippen molar-refractivity contribution in [3.63, 3.8) is 0 Å². The zero-order chi connectivity index (χ0) is 19.4. The summed E-state index contributed by atoms with van der Waals surface area (Å²) < 4.78 is 7.24. The van der Waals surface area contributed by atoms with Crippen LogP contribution in [0.5, 0.6) is 11.6 Å². The van der Waals surface area contributed by atoms with E-state index >= 15 is 0 Å². The average Bonchev–Trinajstić information content (AvgIpc) is 2.66. The zero-order valence-electron chi connectivity index (χ0n) is 15.5. The highest BCUT2D eigenvalue weighted by molar-refractivity contribution is 5.93. The Morgan fingerprint density at radius 1 is 1.15 bits per heavy atom. The van der Waals surface area contributed by atoms with Crippen LogP contribution >= 0.6 is 0 Å². The summed E-state index contributed by atoms with van der Waals surface area (Å²) in [5.74, 6) is 0.961. The number of nitrogens with one attached hydrogen (secondary N) is 1. The standard InChI is InChI=1S/C21H21N3O3/c1-14-4-5-15(2)18(10-14)27-19-7-6-16(12-22-19)13-23-21(26)17-8-9-24(3)20(25)11-17/h4-12H,13H2,1-3H3,(H,23,26). The van der Waals surface area contributed by atoms with Crippen LogP contribution in [0.4, 0.5) is 0 Å². The molecule has 0 atom stereocenters. The number of aromatic nitrogens is 2. The fraction of sp³-hybridized carbons (Fsp3) is 0.190. The number of pyridine rings is 2. The molecule has 0 bridgehead atoms. The Balaban J connectivity index is 1.62. The van der Waals surface area contributed by atoms with Crippen LogP contribution in [-0.4, -0.2) is 15.5 Å². The Bertz CT molecular complexity index is 1020. The number of rotatable bonds is 5.